The quantitative estimate of drug-likeness (QED) is 0.804. The Morgan fingerprint density at radius 1 is 1.53 bits per heavy atom. The van der Waals surface area contributed by atoms with Crippen molar-refractivity contribution in [3.8, 4) is 5.75 Å². The van der Waals surface area contributed by atoms with Crippen LogP contribution in [-0.2, 0) is 10.0 Å². The summed E-state index contributed by atoms with van der Waals surface area (Å²) < 4.78 is 49.5. The van der Waals surface area contributed by atoms with E-state index in [9.17, 15) is 8.42 Å². The Hall–Kier alpha value is -0.820. The van der Waals surface area contributed by atoms with Gasteiger partial charge in [-0.15, -0.1) is 11.6 Å². The summed E-state index contributed by atoms with van der Waals surface area (Å²) in [6, 6.07) is 2.61. The zero-order chi connectivity index (χ0) is 15.7. The molecule has 4 N–H and O–H groups in total. The lowest BCUT2D eigenvalue weighted by atomic mass is 10.1. The van der Waals surface area contributed by atoms with Gasteiger partial charge in [0.05, 0.1) is 12.5 Å². The fourth-order valence-electron chi connectivity index (χ4n) is 1.29. The average Bonchev–Trinajstić information content (AvgIpc) is 2.34. The van der Waals surface area contributed by atoms with Crippen LogP contribution in [0.2, 0.25) is 0 Å². The molecule has 1 aromatic carbocycles. The molecular weight excluding hydrogens is 264 g/mol. The topological polar surface area (TPSA) is 95.4 Å². The van der Waals surface area contributed by atoms with Gasteiger partial charge in [0, 0.05) is 10.2 Å². The number of sulfonamides is 1. The second kappa shape index (κ2) is 5.22. The first-order chi connectivity index (χ1) is 8.98. The molecule has 0 amide bonds. The minimum Gasteiger partial charge on any atom is -0.495 e. The zero-order valence-corrected chi connectivity index (χ0v) is 10.6. The van der Waals surface area contributed by atoms with Gasteiger partial charge in [-0.25, -0.2) is 13.6 Å². The molecule has 0 heterocycles. The van der Waals surface area contributed by atoms with Crippen molar-refractivity contribution in [3.63, 3.8) is 0 Å². The predicted molar refractivity (Wildman–Crippen MR) is 66.6 cm³/mol. The minimum absolute atomic E-state index is 0.0440. The summed E-state index contributed by atoms with van der Waals surface area (Å²) in [5.74, 6) is 0.0440. The van der Waals surface area contributed by atoms with Crippen LogP contribution in [0.3, 0.4) is 0 Å². The molecule has 1 rings (SSSR count). The number of rotatable bonds is 4. The molecule has 17 heavy (non-hydrogen) atoms. The van der Waals surface area contributed by atoms with Gasteiger partial charge in [0.15, 0.2) is 0 Å². The Balaban J connectivity index is 3.29. The molecule has 2 atom stereocenters. The molecule has 0 aliphatic carbocycles. The highest BCUT2D eigenvalue weighted by molar-refractivity contribution is 7.89. The number of nitrogens with two attached hydrogens (primary N) is 2. The monoisotopic (exact) mass is 281 g/mol. The maximum Gasteiger partial charge on any atom is 0.241 e. The van der Waals surface area contributed by atoms with E-state index in [4.69, 9.17) is 31.3 Å². The SMILES string of the molecule is [2H]C([2H])([2H])C(N)C(Cl)c1ccc(OC)c(S(N)(=O)=O)c1. The van der Waals surface area contributed by atoms with E-state index in [0.717, 1.165) is 6.07 Å². The molecule has 0 aromatic heterocycles. The van der Waals surface area contributed by atoms with Crippen molar-refractivity contribution >= 4 is 21.6 Å². The third-order valence-corrected chi connectivity index (χ3v) is 3.58. The predicted octanol–water partition coefficient (Wildman–Crippen LogP) is 0.970. The van der Waals surface area contributed by atoms with Crippen molar-refractivity contribution in [1.82, 2.24) is 0 Å². The van der Waals surface area contributed by atoms with E-state index in [0.29, 0.717) is 0 Å². The standard InChI is InChI=1S/C10H15ClN2O3S/c1-6(12)10(11)7-3-4-8(16-2)9(5-7)17(13,14)15/h3-6,10H,12H2,1-2H3,(H2,13,14,15)/i1D3. The molecule has 7 heteroatoms. The van der Waals surface area contributed by atoms with Gasteiger partial charge in [-0.05, 0) is 24.5 Å². The first-order valence-corrected chi connectivity index (χ1v) is 6.57. The molecule has 2 unspecified atom stereocenters. The van der Waals surface area contributed by atoms with Crippen LogP contribution in [0.1, 0.15) is 21.9 Å². The van der Waals surface area contributed by atoms with Gasteiger partial charge < -0.3 is 10.5 Å². The summed E-state index contributed by atoms with van der Waals surface area (Å²) in [6.45, 7) is -2.46. The Labute approximate surface area is 110 Å². The molecule has 96 valence electrons. The van der Waals surface area contributed by atoms with E-state index in [2.05, 4.69) is 0 Å². The van der Waals surface area contributed by atoms with Crippen molar-refractivity contribution in [3.05, 3.63) is 23.8 Å². The fraction of sp³-hybridized carbons (Fsp3) is 0.400. The third kappa shape index (κ3) is 3.32. The molecular formula is C10H15ClN2O3S. The first kappa shape index (κ1) is 10.1. The average molecular weight is 282 g/mol. The molecule has 0 saturated heterocycles. The molecule has 1 aromatic rings. The Bertz CT molecular complexity index is 592. The van der Waals surface area contributed by atoms with Crippen molar-refractivity contribution in [2.75, 3.05) is 7.11 Å². The van der Waals surface area contributed by atoms with Crippen molar-refractivity contribution < 1.29 is 17.3 Å². The second-order valence-electron chi connectivity index (χ2n) is 3.38. The van der Waals surface area contributed by atoms with Crippen LogP contribution >= 0.6 is 11.6 Å². The van der Waals surface area contributed by atoms with Crippen LogP contribution in [0, 0.1) is 0 Å². The number of hydrogen-bond donors (Lipinski definition) is 2. The second-order valence-corrected chi connectivity index (χ2v) is 5.38. The Morgan fingerprint density at radius 2 is 2.18 bits per heavy atom. The molecule has 0 aliphatic heterocycles. The van der Waals surface area contributed by atoms with Gasteiger partial charge in [0.2, 0.25) is 10.0 Å². The summed E-state index contributed by atoms with van der Waals surface area (Å²) in [5, 5.41) is 3.98. The molecule has 0 fully saturated rings. The minimum atomic E-state index is -4.03. The van der Waals surface area contributed by atoms with Crippen LogP contribution in [0.5, 0.6) is 5.75 Å². The number of ether oxygens (including phenoxy) is 1. The van der Waals surface area contributed by atoms with Gasteiger partial charge in [-0.3, -0.25) is 0 Å². The summed E-state index contributed by atoms with van der Waals surface area (Å²) in [5.41, 5.74) is 5.79. The Morgan fingerprint density at radius 3 is 2.65 bits per heavy atom. The normalized spacial score (nSPS) is 18.7. The highest BCUT2D eigenvalue weighted by Gasteiger charge is 2.19. The lowest BCUT2D eigenvalue weighted by Crippen LogP contribution is -2.21. The summed E-state index contributed by atoms with van der Waals surface area (Å²) in [4.78, 5) is -0.277. The summed E-state index contributed by atoms with van der Waals surface area (Å²) in [6.07, 6.45) is 0. The van der Waals surface area contributed by atoms with Crippen LogP contribution in [0.25, 0.3) is 0 Å². The van der Waals surface area contributed by atoms with Crippen LogP contribution in [0.4, 0.5) is 0 Å². The van der Waals surface area contributed by atoms with E-state index in [1.165, 1.54) is 19.2 Å². The summed E-state index contributed by atoms with van der Waals surface area (Å²) in [7, 11) is -2.74. The highest BCUT2D eigenvalue weighted by atomic mass is 35.5. The molecule has 0 saturated carbocycles. The molecule has 0 aliphatic rings. The lowest BCUT2D eigenvalue weighted by Gasteiger charge is -2.15. The first-order valence-electron chi connectivity index (χ1n) is 6.09. The lowest BCUT2D eigenvalue weighted by molar-refractivity contribution is 0.402. The molecule has 5 nitrogen and oxygen atoms in total. The van der Waals surface area contributed by atoms with E-state index in [1.54, 1.807) is 0 Å². The molecule has 0 spiro atoms. The van der Waals surface area contributed by atoms with Gasteiger partial charge in [-0.2, -0.15) is 0 Å². The number of halogens is 1. The zero-order valence-electron chi connectivity index (χ0n) is 12.1. The van der Waals surface area contributed by atoms with E-state index < -0.39 is 28.3 Å². The molecule has 0 bridgehead atoms. The van der Waals surface area contributed by atoms with E-state index >= 15 is 0 Å². The summed E-state index contributed by atoms with van der Waals surface area (Å²) >= 11 is 6.00. The smallest absolute Gasteiger partial charge is 0.241 e. The van der Waals surface area contributed by atoms with Gasteiger partial charge in [-0.1, -0.05) is 6.07 Å². The Kier molecular flexibility index (Phi) is 3.11. The number of hydrogen-bond acceptors (Lipinski definition) is 4. The maximum absolute atomic E-state index is 11.5. The van der Waals surface area contributed by atoms with Gasteiger partial charge >= 0.3 is 0 Å². The third-order valence-electron chi connectivity index (χ3n) is 2.13. The number of methoxy groups -OCH3 is 1. The largest absolute Gasteiger partial charge is 0.495 e. The number of alkyl halides is 1. The fourth-order valence-corrected chi connectivity index (χ4v) is 2.16. The number of primary sulfonamides is 1. The van der Waals surface area contributed by atoms with Crippen molar-refractivity contribution in [2.45, 2.75) is 23.2 Å². The highest BCUT2D eigenvalue weighted by Crippen LogP contribution is 2.30. The molecule has 0 radical (unpaired) electrons. The van der Waals surface area contributed by atoms with Gasteiger partial charge in [0.1, 0.15) is 10.6 Å². The van der Waals surface area contributed by atoms with E-state index in [-0.39, 0.29) is 16.2 Å². The van der Waals surface area contributed by atoms with Gasteiger partial charge in [0.25, 0.3) is 0 Å². The van der Waals surface area contributed by atoms with Crippen molar-refractivity contribution in [2.24, 2.45) is 10.9 Å². The van der Waals surface area contributed by atoms with Crippen molar-refractivity contribution in [1.29, 1.82) is 0 Å². The van der Waals surface area contributed by atoms with Crippen LogP contribution in [0.15, 0.2) is 23.1 Å². The maximum atomic E-state index is 11.5. The van der Waals surface area contributed by atoms with E-state index in [1.807, 2.05) is 0 Å². The van der Waals surface area contributed by atoms with Crippen LogP contribution < -0.4 is 15.6 Å². The van der Waals surface area contributed by atoms with Crippen LogP contribution in [-0.4, -0.2) is 21.6 Å². The number of benzene rings is 1.